The zero-order chi connectivity index (χ0) is 8.72. The quantitative estimate of drug-likeness (QED) is 0.459. The number of hydrogen-bond acceptors (Lipinski definition) is 2. The molecule has 62 valence electrons. The molecular formula is C8H4ClFO2. The van der Waals surface area contributed by atoms with Gasteiger partial charge in [0, 0.05) is 5.56 Å². The predicted molar refractivity (Wildman–Crippen MR) is 40.4 cm³/mol. The van der Waals surface area contributed by atoms with Gasteiger partial charge in [0.2, 0.25) is 5.56 Å². The fraction of sp³-hybridized carbons (Fsp3) is 0.125. The van der Waals surface area contributed by atoms with E-state index in [0.717, 1.165) is 6.07 Å². The Bertz CT molecular complexity index is 351. The third-order valence-electron chi connectivity index (χ3n) is 1.69. The molecule has 0 fully saturated rings. The Labute approximate surface area is 72.9 Å². The number of hydrogen-bond donors (Lipinski definition) is 0. The number of cyclic esters (lactones) is 1. The average molecular weight is 187 g/mol. The second-order valence-corrected chi connectivity index (χ2v) is 2.85. The molecule has 0 saturated heterocycles. The molecule has 1 aromatic rings. The molecule has 1 unspecified atom stereocenters. The molecule has 0 spiro atoms. The van der Waals surface area contributed by atoms with Gasteiger partial charge in [0.05, 0.1) is 5.56 Å². The highest BCUT2D eigenvalue weighted by Gasteiger charge is 2.29. The number of carbonyl (C=O) groups excluding carboxylic acids is 1. The first-order valence-corrected chi connectivity index (χ1v) is 3.76. The van der Waals surface area contributed by atoms with Crippen molar-refractivity contribution in [3.8, 4) is 0 Å². The van der Waals surface area contributed by atoms with Crippen molar-refractivity contribution in [2.75, 3.05) is 0 Å². The number of carbonyl (C=O) groups is 1. The minimum absolute atomic E-state index is 0.218. The molecular weight excluding hydrogens is 183 g/mol. The van der Waals surface area contributed by atoms with E-state index in [9.17, 15) is 9.18 Å². The lowest BCUT2D eigenvalue weighted by atomic mass is 10.1. The summed E-state index contributed by atoms with van der Waals surface area (Å²) in [6.07, 6.45) is 0. The van der Waals surface area contributed by atoms with Gasteiger partial charge in [-0.1, -0.05) is 17.7 Å². The van der Waals surface area contributed by atoms with E-state index in [1.54, 1.807) is 0 Å². The van der Waals surface area contributed by atoms with Gasteiger partial charge in [-0.3, -0.25) is 0 Å². The molecule has 4 heteroatoms. The zero-order valence-electron chi connectivity index (χ0n) is 5.88. The molecule has 0 amide bonds. The van der Waals surface area contributed by atoms with E-state index in [4.69, 9.17) is 11.6 Å². The largest absolute Gasteiger partial charge is 0.438 e. The molecule has 1 heterocycles. The number of esters is 1. The third kappa shape index (κ3) is 0.975. The van der Waals surface area contributed by atoms with Crippen LogP contribution in [0.3, 0.4) is 0 Å². The zero-order valence-corrected chi connectivity index (χ0v) is 6.64. The van der Waals surface area contributed by atoms with Gasteiger partial charge in [-0.2, -0.15) is 0 Å². The van der Waals surface area contributed by atoms with E-state index < -0.39 is 17.3 Å². The Morgan fingerprint density at radius 3 is 3.00 bits per heavy atom. The van der Waals surface area contributed by atoms with E-state index >= 15 is 0 Å². The minimum atomic E-state index is -0.770. The lowest BCUT2D eigenvalue weighted by Gasteiger charge is -1.97. The second kappa shape index (κ2) is 2.45. The Kier molecular flexibility index (Phi) is 1.54. The molecule has 0 bridgehead atoms. The van der Waals surface area contributed by atoms with Crippen molar-refractivity contribution in [3.05, 3.63) is 35.1 Å². The minimum Gasteiger partial charge on any atom is -0.438 e. The van der Waals surface area contributed by atoms with Gasteiger partial charge in [-0.05, 0) is 12.1 Å². The summed E-state index contributed by atoms with van der Waals surface area (Å²) >= 11 is 5.62. The highest BCUT2D eigenvalue weighted by Crippen LogP contribution is 2.33. The summed E-state index contributed by atoms with van der Waals surface area (Å²) in [6, 6.07) is 3.82. The summed E-state index contributed by atoms with van der Waals surface area (Å²) in [7, 11) is 0. The number of rotatable bonds is 0. The van der Waals surface area contributed by atoms with Crippen LogP contribution in [0, 0.1) is 5.82 Å². The SMILES string of the molecule is O=C1OC(Cl)c2ccc(F)cc21. The van der Waals surface area contributed by atoms with Crippen molar-refractivity contribution < 1.29 is 13.9 Å². The number of fused-ring (bicyclic) bond motifs is 1. The molecule has 0 N–H and O–H groups in total. The van der Waals surface area contributed by atoms with Gasteiger partial charge < -0.3 is 4.74 Å². The van der Waals surface area contributed by atoms with Crippen LogP contribution in [0.4, 0.5) is 4.39 Å². The first kappa shape index (κ1) is 7.55. The van der Waals surface area contributed by atoms with Crippen LogP contribution in [-0.4, -0.2) is 5.97 Å². The van der Waals surface area contributed by atoms with E-state index in [0.29, 0.717) is 5.56 Å². The average Bonchev–Trinajstić information content (AvgIpc) is 2.28. The molecule has 1 aliphatic heterocycles. The highest BCUT2D eigenvalue weighted by atomic mass is 35.5. The Hall–Kier alpha value is -1.09. The summed E-state index contributed by atoms with van der Waals surface area (Å²) in [5.41, 5.74) is -0.0221. The Morgan fingerprint density at radius 1 is 1.50 bits per heavy atom. The molecule has 2 nitrogen and oxygen atoms in total. The summed E-state index contributed by atoms with van der Waals surface area (Å²) in [6.45, 7) is 0. The topological polar surface area (TPSA) is 26.3 Å². The summed E-state index contributed by atoms with van der Waals surface area (Å²) < 4.78 is 17.3. The molecule has 1 aliphatic rings. The highest BCUT2D eigenvalue weighted by molar-refractivity contribution is 6.22. The van der Waals surface area contributed by atoms with Gasteiger partial charge in [0.15, 0.2) is 0 Å². The van der Waals surface area contributed by atoms with Crippen LogP contribution in [-0.2, 0) is 4.74 Å². The van der Waals surface area contributed by atoms with E-state index in [2.05, 4.69) is 4.74 Å². The smallest absolute Gasteiger partial charge is 0.340 e. The maximum atomic E-state index is 12.6. The van der Waals surface area contributed by atoms with Gasteiger partial charge in [-0.15, -0.1) is 0 Å². The lowest BCUT2D eigenvalue weighted by Crippen LogP contribution is -1.94. The van der Waals surface area contributed by atoms with Crippen LogP contribution in [0.25, 0.3) is 0 Å². The molecule has 0 radical (unpaired) electrons. The lowest BCUT2D eigenvalue weighted by molar-refractivity contribution is 0.0512. The van der Waals surface area contributed by atoms with Crippen LogP contribution >= 0.6 is 11.6 Å². The Morgan fingerprint density at radius 2 is 2.25 bits per heavy atom. The number of alkyl halides is 1. The molecule has 12 heavy (non-hydrogen) atoms. The molecule has 2 rings (SSSR count). The number of ether oxygens (including phenoxy) is 1. The molecule has 1 aromatic carbocycles. The molecule has 0 aliphatic carbocycles. The van der Waals surface area contributed by atoms with Gasteiger partial charge in [0.25, 0.3) is 0 Å². The number of benzene rings is 1. The van der Waals surface area contributed by atoms with E-state index in [1.165, 1.54) is 12.1 Å². The van der Waals surface area contributed by atoms with Crippen LogP contribution in [0.5, 0.6) is 0 Å². The maximum Gasteiger partial charge on any atom is 0.340 e. The molecule has 0 saturated carbocycles. The van der Waals surface area contributed by atoms with Gasteiger partial charge in [-0.25, -0.2) is 9.18 Å². The van der Waals surface area contributed by atoms with Crippen molar-refractivity contribution in [1.29, 1.82) is 0 Å². The number of halogens is 2. The molecule has 0 aromatic heterocycles. The Balaban J connectivity index is 2.60. The normalized spacial score (nSPS) is 20.5. The second-order valence-electron chi connectivity index (χ2n) is 2.45. The van der Waals surface area contributed by atoms with Crippen molar-refractivity contribution in [3.63, 3.8) is 0 Å². The van der Waals surface area contributed by atoms with Gasteiger partial charge in [0.1, 0.15) is 5.82 Å². The summed E-state index contributed by atoms with van der Waals surface area (Å²) in [5.74, 6) is -1.03. The van der Waals surface area contributed by atoms with Crippen LogP contribution in [0.2, 0.25) is 0 Å². The van der Waals surface area contributed by atoms with E-state index in [-0.39, 0.29) is 5.56 Å². The first-order valence-electron chi connectivity index (χ1n) is 3.33. The summed E-state index contributed by atoms with van der Waals surface area (Å²) in [4.78, 5) is 11.0. The van der Waals surface area contributed by atoms with Crippen molar-refractivity contribution in [2.24, 2.45) is 0 Å². The third-order valence-corrected chi connectivity index (χ3v) is 2.01. The van der Waals surface area contributed by atoms with Crippen LogP contribution in [0.1, 0.15) is 21.5 Å². The standard InChI is InChI=1S/C8H4ClFO2/c9-7-5-2-1-4(10)3-6(5)8(11)12-7/h1-3,7H. The van der Waals surface area contributed by atoms with E-state index in [1.807, 2.05) is 0 Å². The monoisotopic (exact) mass is 186 g/mol. The maximum absolute atomic E-state index is 12.6. The van der Waals surface area contributed by atoms with Crippen molar-refractivity contribution in [2.45, 2.75) is 5.56 Å². The first-order chi connectivity index (χ1) is 5.68. The van der Waals surface area contributed by atoms with Crippen LogP contribution in [0.15, 0.2) is 18.2 Å². The fourth-order valence-corrected chi connectivity index (χ4v) is 1.40. The van der Waals surface area contributed by atoms with Crippen molar-refractivity contribution in [1.82, 2.24) is 0 Å². The predicted octanol–water partition coefficient (Wildman–Crippen LogP) is 2.23. The fourth-order valence-electron chi connectivity index (χ4n) is 1.12. The van der Waals surface area contributed by atoms with Crippen LogP contribution < -0.4 is 0 Å². The van der Waals surface area contributed by atoms with Gasteiger partial charge >= 0.3 is 5.97 Å². The van der Waals surface area contributed by atoms with Crippen molar-refractivity contribution >= 4 is 17.6 Å². The summed E-state index contributed by atoms with van der Waals surface area (Å²) in [5, 5.41) is 0. The molecule has 1 atom stereocenters.